The van der Waals surface area contributed by atoms with E-state index in [2.05, 4.69) is 78.9 Å². The lowest BCUT2D eigenvalue weighted by molar-refractivity contribution is 0.669. The molecule has 1 aliphatic carbocycles. The lowest BCUT2D eigenvalue weighted by Crippen LogP contribution is -2.00. The summed E-state index contributed by atoms with van der Waals surface area (Å²) < 4.78 is 6.36. The van der Waals surface area contributed by atoms with Gasteiger partial charge in [0.05, 0.1) is 0 Å². The Morgan fingerprint density at radius 3 is 1.53 bits per heavy atom. The van der Waals surface area contributed by atoms with Gasteiger partial charge in [0.25, 0.3) is 0 Å². The summed E-state index contributed by atoms with van der Waals surface area (Å²) in [7, 11) is 0. The first-order valence-corrected chi connectivity index (χ1v) is 15.8. The fraction of sp³-hybridized carbons (Fsp3) is 0. The van der Waals surface area contributed by atoms with Gasteiger partial charge in [-0.25, -0.2) is 15.0 Å². The van der Waals surface area contributed by atoms with Crippen LogP contribution in [0.5, 0.6) is 0 Å². The number of furan rings is 1. The van der Waals surface area contributed by atoms with Crippen molar-refractivity contribution >= 4 is 32.7 Å². The van der Waals surface area contributed by atoms with Crippen molar-refractivity contribution in [2.45, 2.75) is 0 Å². The maximum absolute atomic E-state index is 6.36. The molecular weight excluding hydrogens is 574 g/mol. The van der Waals surface area contributed by atoms with Crippen molar-refractivity contribution in [3.63, 3.8) is 0 Å². The van der Waals surface area contributed by atoms with Crippen LogP contribution in [0.2, 0.25) is 0 Å². The molecule has 0 unspecified atom stereocenters. The number of hydrogen-bond acceptors (Lipinski definition) is 4. The van der Waals surface area contributed by atoms with Crippen LogP contribution in [0.4, 0.5) is 0 Å². The minimum atomic E-state index is 0.633. The summed E-state index contributed by atoms with van der Waals surface area (Å²) in [6.45, 7) is 0. The van der Waals surface area contributed by atoms with Gasteiger partial charge in [0.15, 0.2) is 17.5 Å². The van der Waals surface area contributed by atoms with Crippen molar-refractivity contribution < 1.29 is 4.42 Å². The van der Waals surface area contributed by atoms with Gasteiger partial charge in [-0.3, -0.25) is 0 Å². The molecule has 2 aromatic heterocycles. The van der Waals surface area contributed by atoms with Crippen LogP contribution in [0.15, 0.2) is 156 Å². The molecular formula is C43H25N3O. The van der Waals surface area contributed by atoms with E-state index < -0.39 is 0 Å². The molecule has 2 heterocycles. The number of fused-ring (bicyclic) bond motifs is 6. The maximum atomic E-state index is 6.36. The smallest absolute Gasteiger partial charge is 0.164 e. The van der Waals surface area contributed by atoms with Gasteiger partial charge in [0.2, 0.25) is 0 Å². The fourth-order valence-corrected chi connectivity index (χ4v) is 7.20. The molecule has 0 radical (unpaired) electrons. The Labute approximate surface area is 270 Å². The second kappa shape index (κ2) is 10.1. The molecule has 1 aliphatic rings. The zero-order valence-corrected chi connectivity index (χ0v) is 25.2. The van der Waals surface area contributed by atoms with Gasteiger partial charge in [-0.1, -0.05) is 127 Å². The van der Waals surface area contributed by atoms with Gasteiger partial charge in [-0.2, -0.15) is 0 Å². The highest BCUT2D eigenvalue weighted by Gasteiger charge is 2.27. The van der Waals surface area contributed by atoms with Gasteiger partial charge in [0.1, 0.15) is 11.2 Å². The molecule has 4 heteroatoms. The maximum Gasteiger partial charge on any atom is 0.164 e. The van der Waals surface area contributed by atoms with Crippen molar-refractivity contribution in [1.82, 2.24) is 15.0 Å². The highest BCUT2D eigenvalue weighted by molar-refractivity contribution is 6.21. The first-order valence-electron chi connectivity index (χ1n) is 15.8. The molecule has 0 saturated carbocycles. The molecule has 0 saturated heterocycles. The van der Waals surface area contributed by atoms with E-state index in [1.165, 1.54) is 33.0 Å². The third-order valence-corrected chi connectivity index (χ3v) is 9.25. The van der Waals surface area contributed by atoms with E-state index in [0.717, 1.165) is 49.8 Å². The number of hydrogen-bond donors (Lipinski definition) is 0. The van der Waals surface area contributed by atoms with Crippen LogP contribution in [0.3, 0.4) is 0 Å². The summed E-state index contributed by atoms with van der Waals surface area (Å²) in [5.74, 6) is 1.92. The Hall–Kier alpha value is -6.39. The van der Waals surface area contributed by atoms with Crippen molar-refractivity contribution in [3.8, 4) is 67.5 Å². The number of benzene rings is 7. The molecule has 0 N–H and O–H groups in total. The van der Waals surface area contributed by atoms with Crippen LogP contribution in [0.25, 0.3) is 100 Å². The average molecular weight is 600 g/mol. The SMILES string of the molecule is c1ccc(-c2nc(-c3ccccc3)nc(-c3cc4c(c(-c5cccc6oc7ccccc7c56)c3)-c3cccc5cccc-4c35)n2)cc1. The Kier molecular flexibility index (Phi) is 5.54. The molecule has 0 fully saturated rings. The van der Waals surface area contributed by atoms with Gasteiger partial charge >= 0.3 is 0 Å². The summed E-state index contributed by atoms with van der Waals surface area (Å²) in [5, 5.41) is 4.71. The molecule has 7 aromatic carbocycles. The highest BCUT2D eigenvalue weighted by Crippen LogP contribution is 2.53. The normalized spacial score (nSPS) is 11.8. The van der Waals surface area contributed by atoms with E-state index >= 15 is 0 Å². The van der Waals surface area contributed by atoms with Crippen LogP contribution in [-0.4, -0.2) is 15.0 Å². The predicted molar refractivity (Wildman–Crippen MR) is 191 cm³/mol. The van der Waals surface area contributed by atoms with E-state index in [0.29, 0.717) is 17.5 Å². The molecule has 9 aromatic rings. The molecule has 4 nitrogen and oxygen atoms in total. The largest absolute Gasteiger partial charge is 0.456 e. The summed E-state index contributed by atoms with van der Waals surface area (Å²) >= 11 is 0. The van der Waals surface area contributed by atoms with E-state index in [1.807, 2.05) is 72.8 Å². The van der Waals surface area contributed by atoms with Gasteiger partial charge < -0.3 is 4.42 Å². The van der Waals surface area contributed by atoms with Crippen molar-refractivity contribution in [3.05, 3.63) is 152 Å². The zero-order chi connectivity index (χ0) is 30.9. The third-order valence-electron chi connectivity index (χ3n) is 9.25. The van der Waals surface area contributed by atoms with Crippen LogP contribution in [0, 0.1) is 0 Å². The van der Waals surface area contributed by atoms with E-state index in [1.54, 1.807) is 0 Å². The predicted octanol–water partition coefficient (Wildman–Crippen LogP) is 11.2. The van der Waals surface area contributed by atoms with E-state index in [-0.39, 0.29) is 0 Å². The molecule has 0 atom stereocenters. The lowest BCUT2D eigenvalue weighted by Gasteiger charge is -2.15. The molecule has 0 spiro atoms. The Morgan fingerprint density at radius 1 is 0.362 bits per heavy atom. The molecule has 218 valence electrons. The minimum Gasteiger partial charge on any atom is -0.456 e. The summed E-state index contributed by atoms with van der Waals surface area (Å²) in [6, 6.07) is 52.6. The van der Waals surface area contributed by atoms with E-state index in [9.17, 15) is 0 Å². The van der Waals surface area contributed by atoms with Crippen LogP contribution in [-0.2, 0) is 0 Å². The fourth-order valence-electron chi connectivity index (χ4n) is 7.20. The van der Waals surface area contributed by atoms with Crippen LogP contribution >= 0.6 is 0 Å². The molecule has 10 rings (SSSR count). The monoisotopic (exact) mass is 599 g/mol. The van der Waals surface area contributed by atoms with Gasteiger partial charge in [0, 0.05) is 27.5 Å². The number of aromatic nitrogens is 3. The van der Waals surface area contributed by atoms with Crippen LogP contribution in [0.1, 0.15) is 0 Å². The first kappa shape index (κ1) is 25.9. The second-order valence-corrected chi connectivity index (χ2v) is 12.0. The third kappa shape index (κ3) is 3.98. The number of rotatable bonds is 4. The van der Waals surface area contributed by atoms with E-state index in [4.69, 9.17) is 19.4 Å². The van der Waals surface area contributed by atoms with Gasteiger partial charge in [-0.15, -0.1) is 0 Å². The Morgan fingerprint density at radius 2 is 0.872 bits per heavy atom. The molecule has 0 bridgehead atoms. The quantitative estimate of drug-likeness (QED) is 0.202. The van der Waals surface area contributed by atoms with Crippen LogP contribution < -0.4 is 0 Å². The Balaban J connectivity index is 1.31. The zero-order valence-electron chi connectivity index (χ0n) is 25.2. The lowest BCUT2D eigenvalue weighted by atomic mass is 9.89. The minimum absolute atomic E-state index is 0.633. The average Bonchev–Trinajstić information content (AvgIpc) is 3.69. The van der Waals surface area contributed by atoms with Crippen molar-refractivity contribution in [2.24, 2.45) is 0 Å². The highest BCUT2D eigenvalue weighted by atomic mass is 16.3. The first-order chi connectivity index (χ1) is 23.3. The summed E-state index contributed by atoms with van der Waals surface area (Å²) in [6.07, 6.45) is 0. The van der Waals surface area contributed by atoms with Crippen molar-refractivity contribution in [1.29, 1.82) is 0 Å². The number of nitrogens with zero attached hydrogens (tertiary/aromatic N) is 3. The van der Waals surface area contributed by atoms with Crippen molar-refractivity contribution in [2.75, 3.05) is 0 Å². The standard InChI is InChI=1S/C43H25N3O/c1-3-12-27(13-4-1)41-44-42(28-14-5-2-6-15-28)46-43(45-41)29-24-34-30-19-9-16-26-17-10-21-33(38(26)30)39(34)35(25-29)31-20-11-23-37-40(31)32-18-7-8-22-36(32)47-37/h1-25H. The summed E-state index contributed by atoms with van der Waals surface area (Å²) in [5.41, 5.74) is 11.7. The number of para-hydroxylation sites is 1. The molecule has 0 aliphatic heterocycles. The van der Waals surface area contributed by atoms with Gasteiger partial charge in [-0.05, 0) is 68.4 Å². The molecule has 47 heavy (non-hydrogen) atoms. The Bertz CT molecular complexity index is 2610. The second-order valence-electron chi connectivity index (χ2n) is 12.0. The topological polar surface area (TPSA) is 51.8 Å². The molecule has 0 amide bonds. The summed E-state index contributed by atoms with van der Waals surface area (Å²) in [4.78, 5) is 15.2.